The maximum Gasteiger partial charge on any atom is 0.414 e. The highest BCUT2D eigenvalue weighted by atomic mass is 16.6. The molecule has 0 N–H and O–H groups in total. The summed E-state index contributed by atoms with van der Waals surface area (Å²) in [7, 11) is 0. The van der Waals surface area contributed by atoms with E-state index in [0.29, 0.717) is 24.2 Å². The molecule has 2 aromatic rings. The molecule has 1 amide bonds. The Hall–Kier alpha value is -2.89. The summed E-state index contributed by atoms with van der Waals surface area (Å²) in [5.74, 6) is 0. The number of nitro groups is 1. The molecule has 118 valence electrons. The summed E-state index contributed by atoms with van der Waals surface area (Å²) in [5, 5.41) is 11.1. The Kier molecular flexibility index (Phi) is 3.97. The van der Waals surface area contributed by atoms with Gasteiger partial charge in [-0.3, -0.25) is 15.0 Å². The van der Waals surface area contributed by atoms with Crippen LogP contribution in [0.1, 0.15) is 16.7 Å². The third-order valence-corrected chi connectivity index (χ3v) is 3.91. The molecule has 6 nitrogen and oxygen atoms in total. The van der Waals surface area contributed by atoms with Gasteiger partial charge in [-0.05, 0) is 30.5 Å². The first kappa shape index (κ1) is 15.0. The molecule has 0 aliphatic carbocycles. The van der Waals surface area contributed by atoms with Gasteiger partial charge in [-0.15, -0.1) is 0 Å². The van der Waals surface area contributed by atoms with Crippen molar-refractivity contribution in [3.05, 3.63) is 69.3 Å². The topological polar surface area (TPSA) is 72.7 Å². The van der Waals surface area contributed by atoms with Crippen molar-refractivity contribution in [1.82, 2.24) is 0 Å². The number of nitrogens with zero attached hydrogens (tertiary/aromatic N) is 2. The number of hydrogen-bond acceptors (Lipinski definition) is 4. The molecule has 0 atom stereocenters. The van der Waals surface area contributed by atoms with E-state index in [-0.39, 0.29) is 12.3 Å². The summed E-state index contributed by atoms with van der Waals surface area (Å²) >= 11 is 0. The van der Waals surface area contributed by atoms with Crippen molar-refractivity contribution in [3.63, 3.8) is 0 Å². The monoisotopic (exact) mass is 312 g/mol. The zero-order valence-electron chi connectivity index (χ0n) is 12.7. The molecule has 0 bridgehead atoms. The Morgan fingerprint density at radius 1 is 1.30 bits per heavy atom. The lowest BCUT2D eigenvalue weighted by Gasteiger charge is -2.17. The van der Waals surface area contributed by atoms with Crippen molar-refractivity contribution in [3.8, 4) is 0 Å². The maximum absolute atomic E-state index is 12.3. The molecule has 1 aliphatic rings. The van der Waals surface area contributed by atoms with E-state index in [4.69, 9.17) is 4.74 Å². The fraction of sp³-hybridized carbons (Fsp3) is 0.235. The minimum Gasteiger partial charge on any atom is -0.444 e. The molecular formula is C17H16N2O4. The Labute approximate surface area is 133 Å². The zero-order valence-corrected chi connectivity index (χ0v) is 12.7. The van der Waals surface area contributed by atoms with Gasteiger partial charge in [0.15, 0.2) is 0 Å². The van der Waals surface area contributed by atoms with E-state index in [1.807, 2.05) is 30.3 Å². The molecule has 1 heterocycles. The highest BCUT2D eigenvalue weighted by Gasteiger charge is 2.29. The summed E-state index contributed by atoms with van der Waals surface area (Å²) in [5.41, 5.74) is 3.03. The van der Waals surface area contributed by atoms with Crippen LogP contribution in [0.2, 0.25) is 0 Å². The third-order valence-electron chi connectivity index (χ3n) is 3.91. The number of benzene rings is 2. The minimum absolute atomic E-state index is 0.0199. The number of fused-ring (bicyclic) bond motifs is 1. The summed E-state index contributed by atoms with van der Waals surface area (Å²) < 4.78 is 5.32. The van der Waals surface area contributed by atoms with Crippen molar-refractivity contribution in [2.45, 2.75) is 20.0 Å². The second-order valence-corrected chi connectivity index (χ2v) is 5.47. The first-order valence-electron chi connectivity index (χ1n) is 7.32. The van der Waals surface area contributed by atoms with Crippen molar-refractivity contribution in [2.24, 2.45) is 0 Å². The normalized spacial score (nSPS) is 12.8. The summed E-state index contributed by atoms with van der Waals surface area (Å²) in [6.45, 7) is 2.36. The fourth-order valence-corrected chi connectivity index (χ4v) is 2.73. The molecular weight excluding hydrogens is 296 g/mol. The first-order valence-corrected chi connectivity index (χ1v) is 7.32. The molecule has 0 spiro atoms. The highest BCUT2D eigenvalue weighted by Crippen LogP contribution is 2.34. The molecule has 0 fully saturated rings. The van der Waals surface area contributed by atoms with E-state index < -0.39 is 11.0 Å². The highest BCUT2D eigenvalue weighted by molar-refractivity contribution is 5.91. The molecule has 3 rings (SSSR count). The van der Waals surface area contributed by atoms with Gasteiger partial charge in [-0.2, -0.15) is 0 Å². The first-order chi connectivity index (χ1) is 11.1. The van der Waals surface area contributed by atoms with Crippen LogP contribution in [0, 0.1) is 17.0 Å². The van der Waals surface area contributed by atoms with E-state index in [1.165, 1.54) is 11.0 Å². The van der Waals surface area contributed by atoms with E-state index in [1.54, 1.807) is 13.0 Å². The summed E-state index contributed by atoms with van der Waals surface area (Å²) in [6, 6.07) is 12.6. The average molecular weight is 312 g/mol. The van der Waals surface area contributed by atoms with E-state index in [2.05, 4.69) is 0 Å². The second-order valence-electron chi connectivity index (χ2n) is 5.47. The number of aryl methyl sites for hydroxylation is 1. The largest absolute Gasteiger partial charge is 0.444 e. The predicted molar refractivity (Wildman–Crippen MR) is 85.5 cm³/mol. The average Bonchev–Trinajstić information content (AvgIpc) is 2.95. The standard InChI is InChI=1S/C17H16N2O4/c1-12-9-14-7-8-18(16(14)10-15(12)19(21)22)17(20)23-11-13-5-3-2-4-6-13/h2-6,9-10H,7-8,11H2,1H3. The predicted octanol–water partition coefficient (Wildman–Crippen LogP) is 3.60. The van der Waals surface area contributed by atoms with Crippen LogP contribution < -0.4 is 4.90 Å². The summed E-state index contributed by atoms with van der Waals surface area (Å²) in [6.07, 6.45) is 0.194. The van der Waals surface area contributed by atoms with Crippen LogP contribution in [-0.4, -0.2) is 17.6 Å². The van der Waals surface area contributed by atoms with E-state index in [0.717, 1.165) is 11.1 Å². The Morgan fingerprint density at radius 2 is 2.04 bits per heavy atom. The number of nitro benzene ring substituents is 1. The molecule has 0 radical (unpaired) electrons. The van der Waals surface area contributed by atoms with Gasteiger partial charge in [-0.1, -0.05) is 30.3 Å². The van der Waals surface area contributed by atoms with Gasteiger partial charge in [0.1, 0.15) is 6.61 Å². The van der Waals surface area contributed by atoms with E-state index >= 15 is 0 Å². The smallest absolute Gasteiger partial charge is 0.414 e. The van der Waals surface area contributed by atoms with Crippen LogP contribution in [0.25, 0.3) is 0 Å². The lowest BCUT2D eigenvalue weighted by atomic mass is 10.1. The van der Waals surface area contributed by atoms with Crippen molar-refractivity contribution >= 4 is 17.5 Å². The van der Waals surface area contributed by atoms with Crippen LogP contribution >= 0.6 is 0 Å². The molecule has 6 heteroatoms. The number of rotatable bonds is 3. The lowest BCUT2D eigenvalue weighted by molar-refractivity contribution is -0.385. The Bertz CT molecular complexity index is 759. The van der Waals surface area contributed by atoms with Crippen molar-refractivity contribution in [2.75, 3.05) is 11.4 Å². The quantitative estimate of drug-likeness (QED) is 0.641. The van der Waals surface area contributed by atoms with Gasteiger partial charge in [-0.25, -0.2) is 4.79 Å². The van der Waals surface area contributed by atoms with Gasteiger partial charge in [0.2, 0.25) is 0 Å². The minimum atomic E-state index is -0.481. The van der Waals surface area contributed by atoms with Gasteiger partial charge in [0.25, 0.3) is 5.69 Å². The van der Waals surface area contributed by atoms with E-state index in [9.17, 15) is 14.9 Å². The molecule has 0 saturated heterocycles. The molecule has 0 aromatic heterocycles. The third kappa shape index (κ3) is 3.01. The molecule has 23 heavy (non-hydrogen) atoms. The number of carbonyl (C=O) groups is 1. The van der Waals surface area contributed by atoms with Crippen LogP contribution in [-0.2, 0) is 17.8 Å². The molecule has 0 unspecified atom stereocenters. The van der Waals surface area contributed by atoms with Gasteiger partial charge >= 0.3 is 6.09 Å². The number of hydrogen-bond donors (Lipinski definition) is 0. The van der Waals surface area contributed by atoms with Gasteiger partial charge in [0, 0.05) is 18.2 Å². The van der Waals surface area contributed by atoms with Gasteiger partial charge in [0.05, 0.1) is 10.6 Å². The fourth-order valence-electron chi connectivity index (χ4n) is 2.73. The van der Waals surface area contributed by atoms with Crippen LogP contribution in [0.4, 0.5) is 16.2 Å². The summed E-state index contributed by atoms with van der Waals surface area (Å²) in [4.78, 5) is 24.4. The maximum atomic E-state index is 12.3. The number of anilines is 1. The molecule has 2 aromatic carbocycles. The van der Waals surface area contributed by atoms with Crippen LogP contribution in [0.15, 0.2) is 42.5 Å². The second kappa shape index (κ2) is 6.08. The molecule has 0 saturated carbocycles. The zero-order chi connectivity index (χ0) is 16.4. The Balaban J connectivity index is 1.77. The van der Waals surface area contributed by atoms with Crippen LogP contribution in [0.3, 0.4) is 0 Å². The Morgan fingerprint density at radius 3 is 2.74 bits per heavy atom. The number of amides is 1. The van der Waals surface area contributed by atoms with Crippen molar-refractivity contribution < 1.29 is 14.5 Å². The lowest BCUT2D eigenvalue weighted by Crippen LogP contribution is -2.29. The van der Waals surface area contributed by atoms with Crippen molar-refractivity contribution in [1.29, 1.82) is 0 Å². The SMILES string of the molecule is Cc1cc2c(cc1[N+](=O)[O-])N(C(=O)OCc1ccccc1)CC2. The molecule has 1 aliphatic heterocycles. The number of carbonyl (C=O) groups excluding carboxylic acids is 1. The van der Waals surface area contributed by atoms with Gasteiger partial charge < -0.3 is 4.74 Å². The van der Waals surface area contributed by atoms with Crippen LogP contribution in [0.5, 0.6) is 0 Å². The number of ether oxygens (including phenoxy) is 1.